The van der Waals surface area contributed by atoms with Crippen LogP contribution >= 0.6 is 0 Å². The molecule has 4 N–H and O–H groups in total. The molecular weight excluding hydrogens is 264 g/mol. The molecule has 104 valence electrons. The Hall–Kier alpha value is -2.95. The van der Waals surface area contributed by atoms with Crippen LogP contribution in [-0.2, 0) is 0 Å². The molecule has 3 aromatic rings. The van der Waals surface area contributed by atoms with Gasteiger partial charge in [0.1, 0.15) is 5.82 Å². The van der Waals surface area contributed by atoms with E-state index in [-0.39, 0.29) is 0 Å². The molecule has 0 unspecified atom stereocenters. The summed E-state index contributed by atoms with van der Waals surface area (Å²) in [5, 5.41) is 1.84. The van der Waals surface area contributed by atoms with Crippen LogP contribution in [0.1, 0.15) is 16.1 Å². The number of aromatic nitrogens is 2. The van der Waals surface area contributed by atoms with Crippen molar-refractivity contribution in [1.29, 1.82) is 0 Å². The highest BCUT2D eigenvalue weighted by Crippen LogP contribution is 2.30. The molecule has 0 atom stereocenters. The molecule has 0 radical (unpaired) electrons. The standard InChI is InChI=1S/C16H14N4O/c1-9-14(13(16(18)21)5-7-19-9)11-2-3-12-10(8-11)4-6-20-15(12)17/h2-8H,1H3,(H2,17,20)(H2,18,21). The minimum atomic E-state index is -0.468. The molecule has 1 aromatic carbocycles. The first-order chi connectivity index (χ1) is 10.1. The van der Waals surface area contributed by atoms with Crippen molar-refractivity contribution >= 4 is 22.5 Å². The number of carbonyl (C=O) groups is 1. The van der Waals surface area contributed by atoms with Gasteiger partial charge in [-0.3, -0.25) is 9.78 Å². The van der Waals surface area contributed by atoms with Crippen molar-refractivity contribution in [2.24, 2.45) is 5.73 Å². The Morgan fingerprint density at radius 1 is 1.10 bits per heavy atom. The lowest BCUT2D eigenvalue weighted by Crippen LogP contribution is -2.13. The third kappa shape index (κ3) is 2.18. The molecule has 2 heterocycles. The number of nitrogen functional groups attached to an aromatic ring is 1. The van der Waals surface area contributed by atoms with Gasteiger partial charge >= 0.3 is 0 Å². The summed E-state index contributed by atoms with van der Waals surface area (Å²) in [6, 6.07) is 9.27. The van der Waals surface area contributed by atoms with Crippen LogP contribution in [-0.4, -0.2) is 15.9 Å². The molecule has 21 heavy (non-hydrogen) atoms. The first-order valence-corrected chi connectivity index (χ1v) is 6.48. The van der Waals surface area contributed by atoms with Gasteiger partial charge in [-0.1, -0.05) is 12.1 Å². The zero-order chi connectivity index (χ0) is 15.0. The summed E-state index contributed by atoms with van der Waals surface area (Å²) in [6.45, 7) is 1.85. The SMILES string of the molecule is Cc1nccc(C(N)=O)c1-c1ccc2c(N)nccc2c1. The van der Waals surface area contributed by atoms with E-state index < -0.39 is 5.91 Å². The van der Waals surface area contributed by atoms with Crippen LogP contribution in [0.3, 0.4) is 0 Å². The summed E-state index contributed by atoms with van der Waals surface area (Å²) in [4.78, 5) is 19.9. The summed E-state index contributed by atoms with van der Waals surface area (Å²) in [6.07, 6.45) is 3.24. The van der Waals surface area contributed by atoms with E-state index in [9.17, 15) is 4.79 Å². The van der Waals surface area contributed by atoms with Crippen molar-refractivity contribution < 1.29 is 4.79 Å². The number of hydrogen-bond donors (Lipinski definition) is 2. The molecule has 0 fully saturated rings. The Morgan fingerprint density at radius 2 is 1.86 bits per heavy atom. The molecule has 0 saturated heterocycles. The minimum absolute atomic E-state index is 0.462. The second kappa shape index (κ2) is 4.86. The molecule has 0 bridgehead atoms. The fourth-order valence-corrected chi connectivity index (χ4v) is 2.49. The Balaban J connectivity index is 2.29. The van der Waals surface area contributed by atoms with Crippen LogP contribution in [0.5, 0.6) is 0 Å². The van der Waals surface area contributed by atoms with E-state index in [4.69, 9.17) is 11.5 Å². The predicted molar refractivity (Wildman–Crippen MR) is 82.6 cm³/mol. The Labute approximate surface area is 121 Å². The van der Waals surface area contributed by atoms with E-state index in [1.54, 1.807) is 18.5 Å². The average molecular weight is 278 g/mol. The van der Waals surface area contributed by atoms with Crippen LogP contribution < -0.4 is 11.5 Å². The van der Waals surface area contributed by atoms with E-state index in [2.05, 4.69) is 9.97 Å². The van der Waals surface area contributed by atoms with Gasteiger partial charge in [0.05, 0.1) is 5.56 Å². The molecular formula is C16H14N4O. The van der Waals surface area contributed by atoms with Gasteiger partial charge in [0.15, 0.2) is 0 Å². The summed E-state index contributed by atoms with van der Waals surface area (Å²) in [5.74, 6) is 0.0157. The number of nitrogens with zero attached hydrogens (tertiary/aromatic N) is 2. The number of pyridine rings is 2. The van der Waals surface area contributed by atoms with Gasteiger partial charge in [-0.2, -0.15) is 0 Å². The number of carbonyl (C=O) groups excluding carboxylic acids is 1. The van der Waals surface area contributed by atoms with E-state index in [0.29, 0.717) is 11.4 Å². The number of nitrogens with two attached hydrogens (primary N) is 2. The van der Waals surface area contributed by atoms with Gasteiger partial charge in [-0.25, -0.2) is 4.98 Å². The van der Waals surface area contributed by atoms with Crippen LogP contribution in [0.15, 0.2) is 42.7 Å². The second-order valence-electron chi connectivity index (χ2n) is 4.82. The van der Waals surface area contributed by atoms with Crippen LogP contribution in [0.2, 0.25) is 0 Å². The fraction of sp³-hybridized carbons (Fsp3) is 0.0625. The van der Waals surface area contributed by atoms with Crippen molar-refractivity contribution in [2.45, 2.75) is 6.92 Å². The van der Waals surface area contributed by atoms with Crippen molar-refractivity contribution in [3.05, 3.63) is 54.0 Å². The number of hydrogen-bond acceptors (Lipinski definition) is 4. The third-order valence-electron chi connectivity index (χ3n) is 3.49. The van der Waals surface area contributed by atoms with Crippen molar-refractivity contribution in [1.82, 2.24) is 9.97 Å². The van der Waals surface area contributed by atoms with Crippen LogP contribution in [0.4, 0.5) is 5.82 Å². The number of anilines is 1. The molecule has 0 aliphatic carbocycles. The average Bonchev–Trinajstić information content (AvgIpc) is 2.46. The zero-order valence-corrected chi connectivity index (χ0v) is 11.5. The number of aryl methyl sites for hydroxylation is 1. The fourth-order valence-electron chi connectivity index (χ4n) is 2.49. The largest absolute Gasteiger partial charge is 0.383 e. The first kappa shape index (κ1) is 13.1. The van der Waals surface area contributed by atoms with E-state index in [1.807, 2.05) is 31.2 Å². The van der Waals surface area contributed by atoms with E-state index in [1.165, 1.54) is 0 Å². The quantitative estimate of drug-likeness (QED) is 0.751. The maximum Gasteiger partial charge on any atom is 0.249 e. The van der Waals surface area contributed by atoms with Crippen molar-refractivity contribution in [2.75, 3.05) is 5.73 Å². The molecule has 1 amide bonds. The maximum absolute atomic E-state index is 11.6. The zero-order valence-electron chi connectivity index (χ0n) is 11.5. The number of benzene rings is 1. The highest BCUT2D eigenvalue weighted by Gasteiger charge is 2.14. The number of primary amides is 1. The molecule has 5 heteroatoms. The molecule has 0 spiro atoms. The summed E-state index contributed by atoms with van der Waals surface area (Å²) in [5.41, 5.74) is 14.2. The van der Waals surface area contributed by atoms with Gasteiger partial charge in [-0.05, 0) is 36.1 Å². The van der Waals surface area contributed by atoms with Gasteiger partial charge in [0.25, 0.3) is 0 Å². The first-order valence-electron chi connectivity index (χ1n) is 6.48. The highest BCUT2D eigenvalue weighted by atomic mass is 16.1. The smallest absolute Gasteiger partial charge is 0.249 e. The Kier molecular flexibility index (Phi) is 3.02. The van der Waals surface area contributed by atoms with Crippen molar-refractivity contribution in [3.63, 3.8) is 0 Å². The molecule has 2 aromatic heterocycles. The van der Waals surface area contributed by atoms with E-state index >= 15 is 0 Å². The van der Waals surface area contributed by atoms with E-state index in [0.717, 1.165) is 27.6 Å². The summed E-state index contributed by atoms with van der Waals surface area (Å²) < 4.78 is 0. The molecule has 0 aliphatic heterocycles. The second-order valence-corrected chi connectivity index (χ2v) is 4.82. The van der Waals surface area contributed by atoms with Gasteiger partial charge in [-0.15, -0.1) is 0 Å². The lowest BCUT2D eigenvalue weighted by molar-refractivity contribution is 0.100. The summed E-state index contributed by atoms with van der Waals surface area (Å²) in [7, 11) is 0. The number of fused-ring (bicyclic) bond motifs is 1. The molecule has 0 aliphatic rings. The van der Waals surface area contributed by atoms with Gasteiger partial charge in [0.2, 0.25) is 5.91 Å². The highest BCUT2D eigenvalue weighted by molar-refractivity contribution is 6.02. The van der Waals surface area contributed by atoms with Gasteiger partial charge < -0.3 is 11.5 Å². The molecule has 0 saturated carbocycles. The normalized spacial score (nSPS) is 10.7. The van der Waals surface area contributed by atoms with Crippen molar-refractivity contribution in [3.8, 4) is 11.1 Å². The van der Waals surface area contributed by atoms with Crippen LogP contribution in [0, 0.1) is 6.92 Å². The molecule has 3 rings (SSSR count). The lowest BCUT2D eigenvalue weighted by atomic mass is 9.96. The topological polar surface area (TPSA) is 94.9 Å². The number of rotatable bonds is 2. The Bertz CT molecular complexity index is 858. The monoisotopic (exact) mass is 278 g/mol. The minimum Gasteiger partial charge on any atom is -0.383 e. The molecule has 5 nitrogen and oxygen atoms in total. The Morgan fingerprint density at radius 3 is 2.62 bits per heavy atom. The number of amides is 1. The third-order valence-corrected chi connectivity index (χ3v) is 3.49. The van der Waals surface area contributed by atoms with Crippen LogP contribution in [0.25, 0.3) is 21.9 Å². The van der Waals surface area contributed by atoms with Gasteiger partial charge in [0, 0.05) is 29.0 Å². The predicted octanol–water partition coefficient (Wildman–Crippen LogP) is 2.29. The summed E-state index contributed by atoms with van der Waals surface area (Å²) >= 11 is 0. The lowest BCUT2D eigenvalue weighted by Gasteiger charge is -2.11. The maximum atomic E-state index is 11.6.